The Morgan fingerprint density at radius 3 is 2.33 bits per heavy atom. The minimum atomic E-state index is -0.829. The Labute approximate surface area is 126 Å². The van der Waals surface area contributed by atoms with Crippen molar-refractivity contribution in [3.63, 3.8) is 0 Å². The Morgan fingerprint density at radius 1 is 1.29 bits per heavy atom. The number of nitrogens with one attached hydrogen (secondary N) is 1. The topological polar surface area (TPSA) is 55.1 Å². The lowest BCUT2D eigenvalue weighted by atomic mass is 9.67. The molecule has 1 fully saturated rings. The van der Waals surface area contributed by atoms with E-state index in [4.69, 9.17) is 5.73 Å². The maximum absolute atomic E-state index is 13.8. The van der Waals surface area contributed by atoms with Crippen molar-refractivity contribution in [3.05, 3.63) is 30.1 Å². The molecule has 0 radical (unpaired) electrons. The molecule has 0 atom stereocenters. The molecule has 21 heavy (non-hydrogen) atoms. The average molecular weight is 292 g/mol. The Hall–Kier alpha value is -1.58. The van der Waals surface area contributed by atoms with Gasteiger partial charge < -0.3 is 11.1 Å². The second-order valence-electron chi connectivity index (χ2n) is 7.19. The van der Waals surface area contributed by atoms with E-state index in [0.29, 0.717) is 24.4 Å². The molecule has 2 rings (SSSR count). The number of anilines is 1. The number of carbonyl (C=O) groups is 1. The summed E-state index contributed by atoms with van der Waals surface area (Å²) in [5.41, 5.74) is 5.38. The standard InChI is InChI=1S/C17H25FN2O/c1-16(2,3)12-8-10-17(11-9-12,15(19)21)20-14-7-5-4-6-13(14)18/h4-7,12,20H,8-11H2,1-3H3,(H2,19,21). The molecule has 0 spiro atoms. The van der Waals surface area contributed by atoms with Gasteiger partial charge in [-0.05, 0) is 49.1 Å². The number of para-hydroxylation sites is 1. The molecule has 1 aliphatic carbocycles. The van der Waals surface area contributed by atoms with Gasteiger partial charge in [-0.2, -0.15) is 0 Å². The Bertz CT molecular complexity index is 514. The summed E-state index contributed by atoms with van der Waals surface area (Å²) in [6.07, 6.45) is 3.15. The molecule has 3 N–H and O–H groups in total. The van der Waals surface area contributed by atoms with Crippen LogP contribution in [0.25, 0.3) is 0 Å². The van der Waals surface area contributed by atoms with Crippen molar-refractivity contribution in [2.75, 3.05) is 5.32 Å². The van der Waals surface area contributed by atoms with E-state index in [1.165, 1.54) is 6.07 Å². The molecule has 0 unspecified atom stereocenters. The van der Waals surface area contributed by atoms with Crippen LogP contribution in [0.2, 0.25) is 0 Å². The van der Waals surface area contributed by atoms with Gasteiger partial charge in [-0.15, -0.1) is 0 Å². The maximum Gasteiger partial charge on any atom is 0.243 e. The Kier molecular flexibility index (Phi) is 4.26. The van der Waals surface area contributed by atoms with Crippen LogP contribution in [0.3, 0.4) is 0 Å². The summed E-state index contributed by atoms with van der Waals surface area (Å²) in [5.74, 6) is -0.179. The van der Waals surface area contributed by atoms with E-state index in [1.54, 1.807) is 18.2 Å². The minimum Gasteiger partial charge on any atom is -0.369 e. The number of amides is 1. The lowest BCUT2D eigenvalue weighted by molar-refractivity contribution is -0.123. The first-order valence-corrected chi connectivity index (χ1v) is 7.57. The molecule has 0 aliphatic heterocycles. The van der Waals surface area contributed by atoms with Gasteiger partial charge in [0, 0.05) is 0 Å². The van der Waals surface area contributed by atoms with Crippen LogP contribution in [0.15, 0.2) is 24.3 Å². The number of carbonyl (C=O) groups excluding carboxylic acids is 1. The van der Waals surface area contributed by atoms with Gasteiger partial charge in [0.1, 0.15) is 11.4 Å². The Morgan fingerprint density at radius 2 is 1.86 bits per heavy atom. The number of benzene rings is 1. The largest absolute Gasteiger partial charge is 0.369 e. The van der Waals surface area contributed by atoms with Crippen LogP contribution in [-0.2, 0) is 4.79 Å². The summed E-state index contributed by atoms with van der Waals surface area (Å²) in [6.45, 7) is 6.66. The van der Waals surface area contributed by atoms with E-state index >= 15 is 0 Å². The van der Waals surface area contributed by atoms with Crippen LogP contribution in [0.4, 0.5) is 10.1 Å². The lowest BCUT2D eigenvalue weighted by Crippen LogP contribution is -2.53. The zero-order chi connectivity index (χ0) is 15.7. The molecule has 0 heterocycles. The number of hydrogen-bond acceptors (Lipinski definition) is 2. The summed E-state index contributed by atoms with van der Waals surface area (Å²) in [6, 6.07) is 6.42. The first-order valence-electron chi connectivity index (χ1n) is 7.57. The van der Waals surface area contributed by atoms with Gasteiger partial charge in [0.25, 0.3) is 0 Å². The summed E-state index contributed by atoms with van der Waals surface area (Å²) in [4.78, 5) is 12.0. The lowest BCUT2D eigenvalue weighted by Gasteiger charge is -2.43. The van der Waals surface area contributed by atoms with Gasteiger partial charge in [-0.25, -0.2) is 4.39 Å². The molecule has 3 nitrogen and oxygen atoms in total. The molecule has 1 saturated carbocycles. The number of halogens is 1. The highest BCUT2D eigenvalue weighted by atomic mass is 19.1. The van der Waals surface area contributed by atoms with Crippen LogP contribution in [0.1, 0.15) is 46.5 Å². The highest BCUT2D eigenvalue weighted by Gasteiger charge is 2.43. The Balaban J connectivity index is 2.17. The predicted octanol–water partition coefficient (Wildman–Crippen LogP) is 3.70. The number of hydrogen-bond donors (Lipinski definition) is 2. The third kappa shape index (κ3) is 3.36. The fourth-order valence-corrected chi connectivity index (χ4v) is 3.23. The van der Waals surface area contributed by atoms with Crippen molar-refractivity contribution >= 4 is 11.6 Å². The van der Waals surface area contributed by atoms with Crippen molar-refractivity contribution in [2.24, 2.45) is 17.1 Å². The summed E-state index contributed by atoms with van der Waals surface area (Å²) in [7, 11) is 0. The van der Waals surface area contributed by atoms with E-state index in [-0.39, 0.29) is 11.2 Å². The molecule has 1 aromatic carbocycles. The molecular weight excluding hydrogens is 267 g/mol. The highest BCUT2D eigenvalue weighted by molar-refractivity contribution is 5.88. The number of primary amides is 1. The molecular formula is C17H25FN2O. The normalized spacial score (nSPS) is 26.4. The van der Waals surface area contributed by atoms with Crippen molar-refractivity contribution in [1.82, 2.24) is 0 Å². The average Bonchev–Trinajstić information content (AvgIpc) is 2.41. The molecule has 4 heteroatoms. The van der Waals surface area contributed by atoms with Crippen molar-refractivity contribution in [1.29, 1.82) is 0 Å². The van der Waals surface area contributed by atoms with Crippen LogP contribution in [0, 0.1) is 17.2 Å². The number of rotatable bonds is 3. The minimum absolute atomic E-state index is 0.224. The zero-order valence-corrected chi connectivity index (χ0v) is 13.1. The van der Waals surface area contributed by atoms with Crippen LogP contribution in [0.5, 0.6) is 0 Å². The second kappa shape index (κ2) is 5.66. The molecule has 116 valence electrons. The van der Waals surface area contributed by atoms with E-state index in [1.807, 2.05) is 0 Å². The van der Waals surface area contributed by atoms with E-state index < -0.39 is 11.4 Å². The summed E-state index contributed by atoms with van der Waals surface area (Å²) in [5, 5.41) is 3.08. The first kappa shape index (κ1) is 15.8. The predicted molar refractivity (Wildman–Crippen MR) is 83.4 cm³/mol. The zero-order valence-electron chi connectivity index (χ0n) is 13.1. The van der Waals surface area contributed by atoms with Gasteiger partial charge in [0.05, 0.1) is 5.69 Å². The monoisotopic (exact) mass is 292 g/mol. The summed E-state index contributed by atoms with van der Waals surface area (Å²) < 4.78 is 13.8. The third-order valence-corrected chi connectivity index (χ3v) is 4.78. The molecule has 1 amide bonds. The van der Waals surface area contributed by atoms with Gasteiger partial charge in [0.2, 0.25) is 5.91 Å². The smallest absolute Gasteiger partial charge is 0.243 e. The van der Waals surface area contributed by atoms with Gasteiger partial charge >= 0.3 is 0 Å². The fourth-order valence-electron chi connectivity index (χ4n) is 3.23. The van der Waals surface area contributed by atoms with Crippen molar-refractivity contribution in [3.8, 4) is 0 Å². The van der Waals surface area contributed by atoms with Crippen molar-refractivity contribution in [2.45, 2.75) is 52.0 Å². The SMILES string of the molecule is CC(C)(C)C1CCC(Nc2ccccc2F)(C(N)=O)CC1. The van der Waals surface area contributed by atoms with Gasteiger partial charge in [0.15, 0.2) is 0 Å². The molecule has 0 aromatic heterocycles. The van der Waals surface area contributed by atoms with E-state index in [9.17, 15) is 9.18 Å². The molecule has 1 aromatic rings. The summed E-state index contributed by atoms with van der Waals surface area (Å²) >= 11 is 0. The van der Waals surface area contributed by atoms with Gasteiger partial charge in [-0.3, -0.25) is 4.79 Å². The third-order valence-electron chi connectivity index (χ3n) is 4.78. The van der Waals surface area contributed by atoms with Crippen LogP contribution < -0.4 is 11.1 Å². The van der Waals surface area contributed by atoms with E-state index in [2.05, 4.69) is 26.1 Å². The maximum atomic E-state index is 13.8. The second-order valence-corrected chi connectivity index (χ2v) is 7.19. The molecule has 0 bridgehead atoms. The van der Waals surface area contributed by atoms with Crippen molar-refractivity contribution < 1.29 is 9.18 Å². The van der Waals surface area contributed by atoms with Gasteiger partial charge in [-0.1, -0.05) is 32.9 Å². The first-order chi connectivity index (χ1) is 9.74. The van der Waals surface area contributed by atoms with Crippen LogP contribution in [-0.4, -0.2) is 11.4 Å². The van der Waals surface area contributed by atoms with E-state index in [0.717, 1.165) is 12.8 Å². The highest BCUT2D eigenvalue weighted by Crippen LogP contribution is 2.42. The fraction of sp³-hybridized carbons (Fsp3) is 0.588. The van der Waals surface area contributed by atoms with Crippen LogP contribution >= 0.6 is 0 Å². The number of nitrogens with two attached hydrogens (primary N) is 1. The quantitative estimate of drug-likeness (QED) is 0.892. The molecule has 1 aliphatic rings. The molecule has 0 saturated heterocycles.